The maximum absolute atomic E-state index is 5.93. The molecule has 0 spiro atoms. The Kier molecular flexibility index (Phi) is 5.27. The molecule has 2 aliphatic rings. The van der Waals surface area contributed by atoms with Gasteiger partial charge in [-0.05, 0) is 93.9 Å². The van der Waals surface area contributed by atoms with Crippen LogP contribution in [0, 0.1) is 0 Å². The molecule has 0 atom stereocenters. The van der Waals surface area contributed by atoms with E-state index in [1.807, 2.05) is 0 Å². The van der Waals surface area contributed by atoms with E-state index >= 15 is 0 Å². The Morgan fingerprint density at radius 1 is 0.516 bits per heavy atom. The first-order chi connectivity index (χ1) is 14.3. The fourth-order valence-corrected chi connectivity index (χ4v) is 5.42. The summed E-state index contributed by atoms with van der Waals surface area (Å²) < 4.78 is 11.9. The Morgan fingerprint density at radius 3 is 1.19 bits per heavy atom. The lowest BCUT2D eigenvalue weighted by atomic mass is 9.63. The summed E-state index contributed by atoms with van der Waals surface area (Å²) in [5.41, 5.74) is 6.44. The minimum atomic E-state index is 0.169. The smallest absolute Gasteiger partial charge is 0.526 e. The van der Waals surface area contributed by atoms with Gasteiger partial charge in [0.15, 0.2) is 0 Å². The van der Waals surface area contributed by atoms with Crippen molar-refractivity contribution in [1.82, 2.24) is 0 Å². The highest BCUT2D eigenvalue weighted by Gasteiger charge is 2.38. The molecule has 2 aromatic rings. The van der Waals surface area contributed by atoms with Gasteiger partial charge in [-0.25, -0.2) is 0 Å². The van der Waals surface area contributed by atoms with Crippen molar-refractivity contribution in [2.45, 2.75) is 103 Å². The van der Waals surface area contributed by atoms with Crippen LogP contribution in [0.2, 0.25) is 0 Å². The fourth-order valence-electron chi connectivity index (χ4n) is 5.42. The molecule has 3 heteroatoms. The molecule has 2 nitrogen and oxygen atoms in total. The van der Waals surface area contributed by atoms with Gasteiger partial charge < -0.3 is 9.31 Å². The summed E-state index contributed by atoms with van der Waals surface area (Å²) in [6.45, 7) is 18.7. The van der Waals surface area contributed by atoms with E-state index < -0.39 is 0 Å². The van der Waals surface area contributed by atoms with Crippen molar-refractivity contribution in [3.8, 4) is 11.5 Å². The van der Waals surface area contributed by atoms with Gasteiger partial charge >= 0.3 is 7.69 Å². The van der Waals surface area contributed by atoms with E-state index in [1.54, 1.807) is 0 Å². The van der Waals surface area contributed by atoms with E-state index in [0.717, 1.165) is 11.5 Å². The maximum Gasteiger partial charge on any atom is 0.658 e. The molecule has 165 valence electrons. The van der Waals surface area contributed by atoms with E-state index in [9.17, 15) is 0 Å². The first-order valence-electron chi connectivity index (χ1n) is 11.8. The number of hydrogen-bond acceptors (Lipinski definition) is 2. The second-order valence-electron chi connectivity index (χ2n) is 12.3. The van der Waals surface area contributed by atoms with E-state index in [2.05, 4.69) is 91.8 Å². The fraction of sp³-hybridized carbons (Fsp3) is 0.571. The van der Waals surface area contributed by atoms with E-state index in [4.69, 9.17) is 9.31 Å². The van der Waals surface area contributed by atoms with Crippen molar-refractivity contribution in [3.05, 3.63) is 58.7 Å². The predicted octanol–water partition coefficient (Wildman–Crippen LogP) is 7.38. The summed E-state index contributed by atoms with van der Waals surface area (Å²) in [4.78, 5) is 0. The van der Waals surface area contributed by atoms with Crippen molar-refractivity contribution in [2.75, 3.05) is 0 Å². The van der Waals surface area contributed by atoms with E-state index in [1.165, 1.54) is 55.6 Å². The topological polar surface area (TPSA) is 18.5 Å². The summed E-state index contributed by atoms with van der Waals surface area (Å²) >= 11 is 0. The molecular formula is C28H38BO2. The van der Waals surface area contributed by atoms with Crippen LogP contribution in [0.5, 0.6) is 11.5 Å². The Bertz CT molecular complexity index is 905. The molecule has 0 saturated heterocycles. The standard InChI is InChI=1S/C28H38BO2/c1-25(2)13-15-27(5,6)23-17-19(9-11-21(23)25)30-29-31-20-10-12-22-24(18-20)28(7,8)16-14-26(22,3)4/h9-12,17-18H,13-16H2,1-8H3. The molecule has 1 radical (unpaired) electrons. The van der Waals surface area contributed by atoms with Gasteiger partial charge in [0.25, 0.3) is 0 Å². The monoisotopic (exact) mass is 417 g/mol. The average molecular weight is 417 g/mol. The molecule has 0 fully saturated rings. The first kappa shape index (κ1) is 22.3. The molecule has 0 amide bonds. The second kappa shape index (κ2) is 7.32. The van der Waals surface area contributed by atoms with E-state index in [0.29, 0.717) is 0 Å². The van der Waals surface area contributed by atoms with Gasteiger partial charge in [0.05, 0.1) is 0 Å². The van der Waals surface area contributed by atoms with Crippen LogP contribution in [-0.2, 0) is 21.7 Å². The quantitative estimate of drug-likeness (QED) is 0.483. The molecule has 0 unspecified atom stereocenters. The minimum Gasteiger partial charge on any atom is -0.526 e. The van der Waals surface area contributed by atoms with Crippen LogP contribution in [0.3, 0.4) is 0 Å². The normalized spacial score (nSPS) is 22.1. The van der Waals surface area contributed by atoms with Gasteiger partial charge in [0, 0.05) is 0 Å². The van der Waals surface area contributed by atoms with Crippen molar-refractivity contribution < 1.29 is 9.31 Å². The summed E-state index contributed by atoms with van der Waals surface area (Å²) in [7, 11) is 1.48. The van der Waals surface area contributed by atoms with Gasteiger partial charge in [-0.15, -0.1) is 0 Å². The SMILES string of the molecule is CC1(C)CCC(C)(C)c2cc(O[B]Oc3ccc4c(c3)C(C)(C)CCC4(C)C)ccc21. The zero-order valence-corrected chi connectivity index (χ0v) is 20.7. The van der Waals surface area contributed by atoms with Crippen LogP contribution in [-0.4, -0.2) is 7.69 Å². The number of hydrogen-bond donors (Lipinski definition) is 0. The summed E-state index contributed by atoms with van der Waals surface area (Å²) in [6.07, 6.45) is 4.82. The molecule has 0 N–H and O–H groups in total. The molecular weight excluding hydrogens is 379 g/mol. The van der Waals surface area contributed by atoms with Gasteiger partial charge in [-0.2, -0.15) is 0 Å². The van der Waals surface area contributed by atoms with Crippen LogP contribution in [0.4, 0.5) is 0 Å². The van der Waals surface area contributed by atoms with Gasteiger partial charge in [0.1, 0.15) is 11.5 Å². The minimum absolute atomic E-state index is 0.169. The van der Waals surface area contributed by atoms with Crippen LogP contribution >= 0.6 is 0 Å². The summed E-state index contributed by atoms with van der Waals surface area (Å²) in [5.74, 6) is 1.67. The van der Waals surface area contributed by atoms with Crippen molar-refractivity contribution in [2.24, 2.45) is 0 Å². The highest BCUT2D eigenvalue weighted by molar-refractivity contribution is 6.20. The van der Waals surface area contributed by atoms with Gasteiger partial charge in [-0.3, -0.25) is 0 Å². The Hall–Kier alpha value is -1.90. The van der Waals surface area contributed by atoms with Crippen molar-refractivity contribution in [1.29, 1.82) is 0 Å². The molecule has 4 rings (SSSR count). The van der Waals surface area contributed by atoms with Crippen LogP contribution in [0.15, 0.2) is 36.4 Å². The summed E-state index contributed by atoms with van der Waals surface area (Å²) in [6, 6.07) is 13.0. The Balaban J connectivity index is 1.50. The average Bonchev–Trinajstić information content (AvgIpc) is 2.69. The van der Waals surface area contributed by atoms with E-state index in [-0.39, 0.29) is 21.7 Å². The number of fused-ring (bicyclic) bond motifs is 2. The third-order valence-corrected chi connectivity index (χ3v) is 8.02. The molecule has 0 aromatic heterocycles. The summed E-state index contributed by atoms with van der Waals surface area (Å²) in [5, 5.41) is 0. The molecule has 0 heterocycles. The molecule has 0 aliphatic heterocycles. The zero-order valence-electron chi connectivity index (χ0n) is 20.7. The number of rotatable bonds is 4. The van der Waals surface area contributed by atoms with Gasteiger partial charge in [-0.1, -0.05) is 67.5 Å². The second-order valence-corrected chi connectivity index (χ2v) is 12.3. The van der Waals surface area contributed by atoms with Crippen LogP contribution in [0.1, 0.15) is 103 Å². The number of benzene rings is 2. The Morgan fingerprint density at radius 2 is 0.839 bits per heavy atom. The maximum atomic E-state index is 5.93. The highest BCUT2D eigenvalue weighted by atomic mass is 16.6. The molecule has 0 bridgehead atoms. The molecule has 2 aliphatic carbocycles. The Labute approximate surface area is 190 Å². The molecule has 0 saturated carbocycles. The molecule has 31 heavy (non-hydrogen) atoms. The van der Waals surface area contributed by atoms with Crippen molar-refractivity contribution >= 4 is 7.69 Å². The lowest BCUT2D eigenvalue weighted by molar-refractivity contribution is 0.329. The highest BCUT2D eigenvalue weighted by Crippen LogP contribution is 2.48. The zero-order chi connectivity index (χ0) is 22.7. The lowest BCUT2D eigenvalue weighted by Crippen LogP contribution is -2.34. The largest absolute Gasteiger partial charge is 0.658 e. The van der Waals surface area contributed by atoms with Gasteiger partial charge in [0.2, 0.25) is 0 Å². The van der Waals surface area contributed by atoms with Crippen LogP contribution < -0.4 is 9.31 Å². The molecule has 2 aromatic carbocycles. The van der Waals surface area contributed by atoms with Crippen molar-refractivity contribution in [3.63, 3.8) is 0 Å². The first-order valence-corrected chi connectivity index (χ1v) is 11.8. The third kappa shape index (κ3) is 4.13. The predicted molar refractivity (Wildman–Crippen MR) is 130 cm³/mol. The third-order valence-electron chi connectivity index (χ3n) is 8.02. The lowest BCUT2D eigenvalue weighted by Gasteiger charge is -2.42. The van der Waals surface area contributed by atoms with Crippen LogP contribution in [0.25, 0.3) is 0 Å².